The molecule has 2 aromatic carbocycles. The van der Waals surface area contributed by atoms with Crippen molar-refractivity contribution in [1.82, 2.24) is 9.97 Å². The van der Waals surface area contributed by atoms with Gasteiger partial charge in [-0.3, -0.25) is 4.79 Å². The molecular weight excluding hydrogens is 368 g/mol. The molecule has 7 heteroatoms. The normalized spacial score (nSPS) is 10.4. The van der Waals surface area contributed by atoms with Crippen LogP contribution in [0.1, 0.15) is 27.3 Å². The maximum atomic E-state index is 12.8. The lowest BCUT2D eigenvalue weighted by atomic mass is 10.1. The number of aryl methyl sites for hydroxylation is 3. The van der Waals surface area contributed by atoms with Gasteiger partial charge in [-0.05, 0) is 56.2 Å². The van der Waals surface area contributed by atoms with E-state index in [4.69, 9.17) is 9.47 Å². The Morgan fingerprint density at radius 3 is 2.41 bits per heavy atom. The number of hydrogen-bond acceptors (Lipinski definition) is 6. The second-order valence-electron chi connectivity index (χ2n) is 6.68. The number of carbonyl (C=O) groups is 1. The minimum absolute atomic E-state index is 0.272. The van der Waals surface area contributed by atoms with Crippen molar-refractivity contribution in [3.05, 3.63) is 65.0 Å². The number of anilines is 3. The van der Waals surface area contributed by atoms with Crippen molar-refractivity contribution in [3.63, 3.8) is 0 Å². The summed E-state index contributed by atoms with van der Waals surface area (Å²) in [5.41, 5.74) is 4.42. The van der Waals surface area contributed by atoms with E-state index in [1.165, 1.54) is 0 Å². The topological polar surface area (TPSA) is 85.4 Å². The van der Waals surface area contributed by atoms with Crippen molar-refractivity contribution in [2.24, 2.45) is 0 Å². The van der Waals surface area contributed by atoms with Crippen LogP contribution >= 0.6 is 0 Å². The summed E-state index contributed by atoms with van der Waals surface area (Å²) < 4.78 is 10.6. The number of benzene rings is 2. The lowest BCUT2D eigenvalue weighted by Crippen LogP contribution is -2.16. The maximum Gasteiger partial charge on any atom is 0.274 e. The van der Waals surface area contributed by atoms with Crippen LogP contribution in [0.4, 0.5) is 17.3 Å². The highest BCUT2D eigenvalue weighted by Crippen LogP contribution is 2.30. The number of methoxy groups -OCH3 is 2. The van der Waals surface area contributed by atoms with Gasteiger partial charge in [-0.25, -0.2) is 9.97 Å². The third kappa shape index (κ3) is 4.82. The minimum Gasteiger partial charge on any atom is -0.497 e. The summed E-state index contributed by atoms with van der Waals surface area (Å²) in [6.07, 6.45) is 0. The molecule has 3 aromatic rings. The van der Waals surface area contributed by atoms with Crippen LogP contribution in [0.15, 0.2) is 42.5 Å². The van der Waals surface area contributed by atoms with Gasteiger partial charge in [0.2, 0.25) is 5.95 Å². The highest BCUT2D eigenvalue weighted by Gasteiger charge is 2.14. The highest BCUT2D eigenvalue weighted by atomic mass is 16.5. The lowest BCUT2D eigenvalue weighted by Gasteiger charge is -2.13. The van der Waals surface area contributed by atoms with E-state index in [0.29, 0.717) is 28.8 Å². The summed E-state index contributed by atoms with van der Waals surface area (Å²) in [4.78, 5) is 21.5. The van der Waals surface area contributed by atoms with E-state index in [9.17, 15) is 4.79 Å². The molecule has 0 aliphatic heterocycles. The molecule has 0 unspecified atom stereocenters. The molecule has 1 aromatic heterocycles. The zero-order valence-electron chi connectivity index (χ0n) is 17.2. The van der Waals surface area contributed by atoms with E-state index in [2.05, 4.69) is 20.6 Å². The fraction of sp³-hybridized carbons (Fsp3) is 0.227. The van der Waals surface area contributed by atoms with Crippen LogP contribution < -0.4 is 20.1 Å². The molecule has 0 radical (unpaired) electrons. The first kappa shape index (κ1) is 20.1. The zero-order chi connectivity index (χ0) is 21.0. The number of hydrogen-bond donors (Lipinski definition) is 2. The van der Waals surface area contributed by atoms with Gasteiger partial charge in [-0.15, -0.1) is 0 Å². The third-order valence-electron chi connectivity index (χ3n) is 4.38. The first-order valence-corrected chi connectivity index (χ1v) is 9.13. The predicted octanol–water partition coefficient (Wildman–Crippen LogP) is 4.41. The first-order chi connectivity index (χ1) is 13.9. The molecule has 150 valence electrons. The number of amides is 1. The SMILES string of the molecule is COc1ccc(Nc2nc(C)cc(C(=O)Nc3cc(C)ccc3C)n2)c(OC)c1. The van der Waals surface area contributed by atoms with Crippen LogP contribution in [-0.4, -0.2) is 30.1 Å². The number of carbonyl (C=O) groups excluding carboxylic acids is 1. The maximum absolute atomic E-state index is 12.8. The third-order valence-corrected chi connectivity index (χ3v) is 4.38. The van der Waals surface area contributed by atoms with Crippen LogP contribution in [0.5, 0.6) is 11.5 Å². The van der Waals surface area contributed by atoms with Crippen molar-refractivity contribution in [2.45, 2.75) is 20.8 Å². The summed E-state index contributed by atoms with van der Waals surface area (Å²) >= 11 is 0. The molecule has 1 amide bonds. The zero-order valence-corrected chi connectivity index (χ0v) is 17.2. The Labute approximate surface area is 170 Å². The highest BCUT2D eigenvalue weighted by molar-refractivity contribution is 6.03. The van der Waals surface area contributed by atoms with Gasteiger partial charge < -0.3 is 20.1 Å². The Kier molecular flexibility index (Phi) is 5.97. The van der Waals surface area contributed by atoms with Gasteiger partial charge in [0.05, 0.1) is 19.9 Å². The molecule has 2 N–H and O–H groups in total. The molecule has 0 bridgehead atoms. The number of ether oxygens (including phenoxy) is 2. The standard InChI is InChI=1S/C22H24N4O3/c1-13-6-7-14(2)18(10-13)24-21(27)19-11-15(3)23-22(26-19)25-17-9-8-16(28-4)12-20(17)29-5/h6-12H,1-5H3,(H,24,27)(H,23,25,26). The van der Waals surface area contributed by atoms with Crippen LogP contribution in [-0.2, 0) is 0 Å². The second kappa shape index (κ2) is 8.60. The molecule has 3 rings (SSSR count). The van der Waals surface area contributed by atoms with E-state index >= 15 is 0 Å². The van der Waals surface area contributed by atoms with Crippen molar-refractivity contribution >= 4 is 23.2 Å². The van der Waals surface area contributed by atoms with Crippen molar-refractivity contribution in [2.75, 3.05) is 24.9 Å². The van der Waals surface area contributed by atoms with Crippen LogP contribution in [0, 0.1) is 20.8 Å². The molecule has 0 aliphatic carbocycles. The number of aromatic nitrogens is 2. The summed E-state index contributed by atoms with van der Waals surface area (Å²) in [5, 5.41) is 6.04. The number of rotatable bonds is 6. The Hall–Kier alpha value is -3.61. The Morgan fingerprint density at radius 1 is 0.897 bits per heavy atom. The lowest BCUT2D eigenvalue weighted by molar-refractivity contribution is 0.102. The molecule has 7 nitrogen and oxygen atoms in total. The van der Waals surface area contributed by atoms with Crippen LogP contribution in [0.3, 0.4) is 0 Å². The summed E-state index contributed by atoms with van der Waals surface area (Å²) in [7, 11) is 3.16. The Balaban J connectivity index is 1.86. The molecule has 0 saturated heterocycles. The average Bonchev–Trinajstić information content (AvgIpc) is 2.70. The van der Waals surface area contributed by atoms with E-state index in [0.717, 1.165) is 16.8 Å². The van der Waals surface area contributed by atoms with Crippen molar-refractivity contribution in [1.29, 1.82) is 0 Å². The van der Waals surface area contributed by atoms with Crippen LogP contribution in [0.25, 0.3) is 0 Å². The first-order valence-electron chi connectivity index (χ1n) is 9.13. The molecule has 0 atom stereocenters. The van der Waals surface area contributed by atoms with Crippen molar-refractivity contribution in [3.8, 4) is 11.5 Å². The van der Waals surface area contributed by atoms with Gasteiger partial charge in [0.15, 0.2) is 0 Å². The molecule has 0 aliphatic rings. The second-order valence-corrected chi connectivity index (χ2v) is 6.68. The van der Waals surface area contributed by atoms with Crippen LogP contribution in [0.2, 0.25) is 0 Å². The van der Waals surface area contributed by atoms with Gasteiger partial charge >= 0.3 is 0 Å². The Bertz CT molecular complexity index is 1050. The fourth-order valence-corrected chi connectivity index (χ4v) is 2.82. The molecule has 0 fully saturated rings. The molecular formula is C22H24N4O3. The van der Waals surface area contributed by atoms with E-state index in [-0.39, 0.29) is 11.6 Å². The van der Waals surface area contributed by atoms with E-state index in [1.54, 1.807) is 38.5 Å². The number of nitrogens with zero attached hydrogens (tertiary/aromatic N) is 2. The van der Waals surface area contributed by atoms with Gasteiger partial charge in [0.25, 0.3) is 5.91 Å². The minimum atomic E-state index is -0.297. The Morgan fingerprint density at radius 2 is 1.69 bits per heavy atom. The van der Waals surface area contributed by atoms with Gasteiger partial charge in [-0.2, -0.15) is 0 Å². The molecule has 29 heavy (non-hydrogen) atoms. The average molecular weight is 392 g/mol. The molecule has 0 saturated carbocycles. The summed E-state index contributed by atoms with van der Waals surface area (Å²) in [6, 6.07) is 12.9. The molecule has 0 spiro atoms. The van der Waals surface area contributed by atoms with Gasteiger partial charge in [-0.1, -0.05) is 12.1 Å². The summed E-state index contributed by atoms with van der Waals surface area (Å²) in [5.74, 6) is 1.26. The van der Waals surface area contributed by atoms with Gasteiger partial charge in [0, 0.05) is 17.4 Å². The summed E-state index contributed by atoms with van der Waals surface area (Å²) in [6.45, 7) is 5.74. The fourth-order valence-electron chi connectivity index (χ4n) is 2.82. The van der Waals surface area contributed by atoms with E-state index < -0.39 is 0 Å². The van der Waals surface area contributed by atoms with Gasteiger partial charge in [0.1, 0.15) is 17.2 Å². The predicted molar refractivity (Wildman–Crippen MR) is 113 cm³/mol. The van der Waals surface area contributed by atoms with E-state index in [1.807, 2.05) is 39.0 Å². The van der Waals surface area contributed by atoms with Crippen molar-refractivity contribution < 1.29 is 14.3 Å². The monoisotopic (exact) mass is 392 g/mol. The molecule has 1 heterocycles. The largest absolute Gasteiger partial charge is 0.497 e. The number of nitrogens with one attached hydrogen (secondary N) is 2. The quantitative estimate of drug-likeness (QED) is 0.646. The smallest absolute Gasteiger partial charge is 0.274 e.